The molecule has 0 unspecified atom stereocenters. The van der Waals surface area contributed by atoms with Crippen LogP contribution in [0.5, 0.6) is 0 Å². The van der Waals surface area contributed by atoms with Crippen LogP contribution in [0.1, 0.15) is 23.4 Å². The Hall–Kier alpha value is -1.89. The Morgan fingerprint density at radius 2 is 2.50 bits per heavy atom. The Labute approximate surface area is 121 Å². The zero-order valence-electron chi connectivity index (χ0n) is 11.3. The van der Waals surface area contributed by atoms with E-state index in [2.05, 4.69) is 20.7 Å². The number of aryl methyl sites for hydroxylation is 3. The van der Waals surface area contributed by atoms with E-state index in [1.807, 2.05) is 17.1 Å². The van der Waals surface area contributed by atoms with Crippen LogP contribution in [0.3, 0.4) is 0 Å². The molecular weight excluding hydrogens is 274 g/mol. The monoisotopic (exact) mass is 291 g/mol. The van der Waals surface area contributed by atoms with Gasteiger partial charge in [-0.05, 0) is 19.8 Å². The van der Waals surface area contributed by atoms with Gasteiger partial charge in [0.2, 0.25) is 5.91 Å². The Morgan fingerprint density at radius 1 is 1.60 bits per heavy atom. The van der Waals surface area contributed by atoms with E-state index < -0.39 is 0 Å². The third-order valence-electron chi connectivity index (χ3n) is 3.38. The van der Waals surface area contributed by atoms with E-state index in [0.717, 1.165) is 43.1 Å². The molecule has 1 aliphatic heterocycles. The first kappa shape index (κ1) is 13.1. The fraction of sp³-hybridized carbons (Fsp3) is 0.462. The van der Waals surface area contributed by atoms with Gasteiger partial charge in [-0.2, -0.15) is 5.10 Å². The summed E-state index contributed by atoms with van der Waals surface area (Å²) in [4.78, 5) is 17.4. The minimum Gasteiger partial charge on any atom is -0.368 e. The summed E-state index contributed by atoms with van der Waals surface area (Å²) in [6.07, 6.45) is 3.98. The van der Waals surface area contributed by atoms with Gasteiger partial charge in [0.05, 0.1) is 17.4 Å². The molecule has 0 saturated carbocycles. The molecule has 0 bridgehead atoms. The second kappa shape index (κ2) is 5.62. The van der Waals surface area contributed by atoms with Gasteiger partial charge in [-0.25, -0.2) is 9.67 Å². The minimum atomic E-state index is 0.0148. The van der Waals surface area contributed by atoms with E-state index >= 15 is 0 Å². The molecule has 7 heteroatoms. The molecule has 6 nitrogen and oxygen atoms in total. The number of carbonyl (C=O) groups excluding carboxylic acids is 1. The molecule has 2 aromatic rings. The quantitative estimate of drug-likeness (QED) is 0.904. The summed E-state index contributed by atoms with van der Waals surface area (Å²) in [5.74, 6) is 0.930. The van der Waals surface area contributed by atoms with Gasteiger partial charge < -0.3 is 10.6 Å². The zero-order chi connectivity index (χ0) is 13.9. The highest BCUT2D eigenvalue weighted by atomic mass is 32.1. The molecule has 3 rings (SSSR count). The van der Waals surface area contributed by atoms with E-state index in [4.69, 9.17) is 0 Å². The van der Waals surface area contributed by atoms with Gasteiger partial charge in [-0.1, -0.05) is 0 Å². The molecule has 0 fully saturated rings. The van der Waals surface area contributed by atoms with Crippen LogP contribution in [-0.2, 0) is 17.8 Å². The largest absolute Gasteiger partial charge is 0.368 e. The number of hydrogen-bond donors (Lipinski definition) is 2. The minimum absolute atomic E-state index is 0.0148. The summed E-state index contributed by atoms with van der Waals surface area (Å²) >= 11 is 1.60. The molecule has 3 heterocycles. The Kier molecular flexibility index (Phi) is 3.68. The Bertz CT molecular complexity index is 618. The maximum absolute atomic E-state index is 12.0. The first-order valence-corrected chi connectivity index (χ1v) is 7.60. The molecule has 1 amide bonds. The highest BCUT2D eigenvalue weighted by molar-refractivity contribution is 7.09. The van der Waals surface area contributed by atoms with Crippen molar-refractivity contribution in [2.45, 2.75) is 32.7 Å². The number of carbonyl (C=O) groups is 1. The van der Waals surface area contributed by atoms with Gasteiger partial charge in [0.1, 0.15) is 11.5 Å². The molecule has 106 valence electrons. The molecule has 2 aromatic heterocycles. The molecule has 0 atom stereocenters. The lowest BCUT2D eigenvalue weighted by atomic mass is 10.2. The third-order valence-corrected chi connectivity index (χ3v) is 4.37. The van der Waals surface area contributed by atoms with Crippen LogP contribution in [0.25, 0.3) is 0 Å². The van der Waals surface area contributed by atoms with E-state index in [1.165, 1.54) is 4.88 Å². The van der Waals surface area contributed by atoms with Crippen molar-refractivity contribution in [3.63, 3.8) is 0 Å². The normalized spacial score (nSPS) is 13.7. The summed E-state index contributed by atoms with van der Waals surface area (Å²) in [5.41, 5.74) is 3.61. The lowest BCUT2D eigenvalue weighted by Crippen LogP contribution is -2.19. The van der Waals surface area contributed by atoms with E-state index in [0.29, 0.717) is 6.42 Å². The van der Waals surface area contributed by atoms with E-state index in [-0.39, 0.29) is 5.91 Å². The highest BCUT2D eigenvalue weighted by Gasteiger charge is 2.16. The topological polar surface area (TPSA) is 71.8 Å². The number of nitrogens with one attached hydrogen (secondary N) is 2. The molecule has 0 aliphatic carbocycles. The predicted octanol–water partition coefficient (Wildman–Crippen LogP) is 2.03. The van der Waals surface area contributed by atoms with Crippen molar-refractivity contribution in [2.24, 2.45) is 0 Å². The smallest absolute Gasteiger partial charge is 0.224 e. The maximum Gasteiger partial charge on any atom is 0.224 e. The third kappa shape index (κ3) is 2.67. The molecule has 0 aromatic carbocycles. The molecule has 0 saturated heterocycles. The average molecular weight is 291 g/mol. The fourth-order valence-corrected chi connectivity index (χ4v) is 3.06. The summed E-state index contributed by atoms with van der Waals surface area (Å²) in [7, 11) is 0. The molecular formula is C13H17N5OS. The van der Waals surface area contributed by atoms with Crippen LogP contribution in [0.4, 0.5) is 11.5 Å². The molecule has 0 radical (unpaired) electrons. The van der Waals surface area contributed by atoms with Gasteiger partial charge in [-0.15, -0.1) is 11.3 Å². The van der Waals surface area contributed by atoms with Gasteiger partial charge >= 0.3 is 0 Å². The van der Waals surface area contributed by atoms with E-state index in [9.17, 15) is 4.79 Å². The van der Waals surface area contributed by atoms with Crippen molar-refractivity contribution in [1.82, 2.24) is 14.8 Å². The van der Waals surface area contributed by atoms with Crippen LogP contribution in [0.2, 0.25) is 0 Å². The van der Waals surface area contributed by atoms with Crippen molar-refractivity contribution in [3.05, 3.63) is 22.3 Å². The first-order chi connectivity index (χ1) is 9.74. The number of rotatable bonds is 4. The Balaban J connectivity index is 1.59. The molecule has 1 aliphatic rings. The number of fused-ring (bicyclic) bond motifs is 1. The van der Waals surface area contributed by atoms with Gasteiger partial charge in [-0.3, -0.25) is 4.79 Å². The second-order valence-corrected chi connectivity index (χ2v) is 5.76. The number of thiazole rings is 1. The van der Waals surface area contributed by atoms with Gasteiger partial charge in [0.15, 0.2) is 0 Å². The van der Waals surface area contributed by atoms with Crippen LogP contribution >= 0.6 is 11.3 Å². The zero-order valence-corrected chi connectivity index (χ0v) is 12.2. The number of nitrogens with zero attached hydrogens (tertiary/aromatic N) is 3. The summed E-state index contributed by atoms with van der Waals surface area (Å²) in [5, 5.41) is 10.5. The van der Waals surface area contributed by atoms with Crippen molar-refractivity contribution in [1.29, 1.82) is 0 Å². The van der Waals surface area contributed by atoms with Crippen LogP contribution in [0, 0.1) is 6.92 Å². The van der Waals surface area contributed by atoms with Crippen molar-refractivity contribution in [3.8, 4) is 0 Å². The SMILES string of the molecule is Cc1ncsc1CCC(=O)Nc1cnn2c1NCCC2. The molecule has 20 heavy (non-hydrogen) atoms. The lowest BCUT2D eigenvalue weighted by Gasteiger charge is -2.17. The Morgan fingerprint density at radius 3 is 3.30 bits per heavy atom. The summed E-state index contributed by atoms with van der Waals surface area (Å²) < 4.78 is 1.90. The van der Waals surface area contributed by atoms with Crippen LogP contribution in [-0.4, -0.2) is 27.2 Å². The fourth-order valence-electron chi connectivity index (χ4n) is 2.27. The summed E-state index contributed by atoms with van der Waals surface area (Å²) in [6.45, 7) is 3.80. The highest BCUT2D eigenvalue weighted by Crippen LogP contribution is 2.24. The van der Waals surface area contributed by atoms with Crippen LogP contribution < -0.4 is 10.6 Å². The number of amides is 1. The lowest BCUT2D eigenvalue weighted by molar-refractivity contribution is -0.116. The second-order valence-electron chi connectivity index (χ2n) is 4.82. The van der Waals surface area contributed by atoms with Gasteiger partial charge in [0.25, 0.3) is 0 Å². The number of anilines is 2. The number of aromatic nitrogens is 3. The van der Waals surface area contributed by atoms with Crippen molar-refractivity contribution in [2.75, 3.05) is 17.2 Å². The molecule has 2 N–H and O–H groups in total. The van der Waals surface area contributed by atoms with Crippen molar-refractivity contribution >= 4 is 28.7 Å². The van der Waals surface area contributed by atoms with Crippen molar-refractivity contribution < 1.29 is 4.79 Å². The molecule has 0 spiro atoms. The first-order valence-electron chi connectivity index (χ1n) is 6.72. The predicted molar refractivity (Wildman–Crippen MR) is 79.1 cm³/mol. The number of hydrogen-bond acceptors (Lipinski definition) is 5. The van der Waals surface area contributed by atoms with Gasteiger partial charge in [0, 0.05) is 24.4 Å². The van der Waals surface area contributed by atoms with Crippen LogP contribution in [0.15, 0.2) is 11.7 Å². The summed E-state index contributed by atoms with van der Waals surface area (Å²) in [6, 6.07) is 0. The van der Waals surface area contributed by atoms with E-state index in [1.54, 1.807) is 17.5 Å². The maximum atomic E-state index is 12.0. The average Bonchev–Trinajstić information content (AvgIpc) is 3.04. The standard InChI is InChI=1S/C13H17N5OS/c1-9-11(20-8-15-9)3-4-12(19)17-10-7-16-18-6-2-5-14-13(10)18/h7-8,14H,2-6H2,1H3,(H,17,19).